The maximum Gasteiger partial charge on any atom is 0.433 e. The second-order valence-corrected chi connectivity index (χ2v) is 8.49. The second kappa shape index (κ2) is 8.53. The summed E-state index contributed by atoms with van der Waals surface area (Å²) in [6, 6.07) is 2.83. The van der Waals surface area contributed by atoms with Gasteiger partial charge < -0.3 is 0 Å². The summed E-state index contributed by atoms with van der Waals surface area (Å²) >= 11 is 0. The highest BCUT2D eigenvalue weighted by Gasteiger charge is 2.36. The molecule has 0 unspecified atom stereocenters. The molecule has 0 bridgehead atoms. The van der Waals surface area contributed by atoms with Gasteiger partial charge in [0.1, 0.15) is 11.5 Å². The zero-order valence-corrected chi connectivity index (χ0v) is 18.0. The number of alkyl halides is 3. The molecule has 0 aromatic carbocycles. The summed E-state index contributed by atoms with van der Waals surface area (Å²) in [4.78, 5) is 15.4. The predicted molar refractivity (Wildman–Crippen MR) is 111 cm³/mol. The van der Waals surface area contributed by atoms with Crippen molar-refractivity contribution in [1.82, 2.24) is 29.5 Å². The van der Waals surface area contributed by atoms with Crippen molar-refractivity contribution in [2.75, 3.05) is 13.1 Å². The fourth-order valence-corrected chi connectivity index (χ4v) is 4.05. The third-order valence-corrected chi connectivity index (χ3v) is 5.75. The Labute approximate surface area is 179 Å². The molecule has 0 amide bonds. The van der Waals surface area contributed by atoms with Crippen molar-refractivity contribution in [3.63, 3.8) is 0 Å². The molecule has 9 heteroatoms. The number of aryl methyl sites for hydroxylation is 1. The van der Waals surface area contributed by atoms with Crippen LogP contribution in [0.1, 0.15) is 73.9 Å². The van der Waals surface area contributed by atoms with E-state index < -0.39 is 11.9 Å². The Kier molecular flexibility index (Phi) is 5.96. The first-order chi connectivity index (χ1) is 14.7. The summed E-state index contributed by atoms with van der Waals surface area (Å²) in [6.45, 7) is 8.08. The van der Waals surface area contributed by atoms with Gasteiger partial charge in [0, 0.05) is 55.1 Å². The SMILES string of the molecule is CCc1ncc(CN2CCC[C@H](c3cc4nc(C(C)C)cc(C(F)(F)F)n4n3)C2)cn1. The van der Waals surface area contributed by atoms with E-state index in [1.807, 2.05) is 33.2 Å². The molecule has 6 nitrogen and oxygen atoms in total. The minimum atomic E-state index is -4.49. The van der Waals surface area contributed by atoms with E-state index in [4.69, 9.17) is 0 Å². The molecule has 166 valence electrons. The lowest BCUT2D eigenvalue weighted by atomic mass is 9.94. The number of rotatable bonds is 5. The van der Waals surface area contributed by atoms with Crippen LogP contribution in [-0.4, -0.2) is 42.6 Å². The maximum absolute atomic E-state index is 13.7. The van der Waals surface area contributed by atoms with E-state index in [2.05, 4.69) is 25.0 Å². The van der Waals surface area contributed by atoms with Crippen LogP contribution in [0, 0.1) is 0 Å². The number of aromatic nitrogens is 5. The third-order valence-electron chi connectivity index (χ3n) is 5.75. The summed E-state index contributed by atoms with van der Waals surface area (Å²) < 4.78 is 41.9. The third kappa shape index (κ3) is 4.71. The number of fused-ring (bicyclic) bond motifs is 1. The Morgan fingerprint density at radius 1 is 1.16 bits per heavy atom. The molecule has 4 rings (SSSR count). The topological polar surface area (TPSA) is 59.2 Å². The van der Waals surface area contributed by atoms with Crippen LogP contribution in [0.2, 0.25) is 0 Å². The Morgan fingerprint density at radius 2 is 1.90 bits per heavy atom. The molecular formula is C22H27F3N6. The summed E-state index contributed by atoms with van der Waals surface area (Å²) in [7, 11) is 0. The molecule has 1 atom stereocenters. The predicted octanol–water partition coefficient (Wildman–Crippen LogP) is 4.60. The minimum Gasteiger partial charge on any atom is -0.298 e. The van der Waals surface area contributed by atoms with Crippen molar-refractivity contribution < 1.29 is 13.2 Å². The van der Waals surface area contributed by atoms with Gasteiger partial charge in [-0.1, -0.05) is 20.8 Å². The molecule has 0 radical (unpaired) electrons. The summed E-state index contributed by atoms with van der Waals surface area (Å²) in [5.41, 5.74) is 1.62. The maximum atomic E-state index is 13.7. The molecule has 1 aliphatic rings. The highest BCUT2D eigenvalue weighted by molar-refractivity contribution is 5.44. The van der Waals surface area contributed by atoms with Crippen molar-refractivity contribution in [2.45, 2.75) is 64.6 Å². The van der Waals surface area contributed by atoms with Crippen molar-refractivity contribution in [3.8, 4) is 0 Å². The van der Waals surface area contributed by atoms with Gasteiger partial charge >= 0.3 is 6.18 Å². The Bertz CT molecular complexity index is 1040. The van der Waals surface area contributed by atoms with Gasteiger partial charge in [0.25, 0.3) is 0 Å². The molecule has 0 saturated carbocycles. The Morgan fingerprint density at radius 3 is 2.55 bits per heavy atom. The molecule has 3 aromatic heterocycles. The number of likely N-dealkylation sites (tertiary alicyclic amines) is 1. The molecule has 31 heavy (non-hydrogen) atoms. The number of hydrogen-bond donors (Lipinski definition) is 0. The summed E-state index contributed by atoms with van der Waals surface area (Å²) in [5.74, 6) is 0.782. The second-order valence-electron chi connectivity index (χ2n) is 8.49. The van der Waals surface area contributed by atoms with E-state index >= 15 is 0 Å². The van der Waals surface area contributed by atoms with Gasteiger partial charge in [-0.3, -0.25) is 4.90 Å². The van der Waals surface area contributed by atoms with E-state index in [0.29, 0.717) is 11.4 Å². The summed E-state index contributed by atoms with van der Waals surface area (Å²) in [5, 5.41) is 4.35. The average molecular weight is 432 g/mol. The lowest BCUT2D eigenvalue weighted by Crippen LogP contribution is -2.34. The number of piperidine rings is 1. The van der Waals surface area contributed by atoms with E-state index in [1.165, 1.54) is 0 Å². The van der Waals surface area contributed by atoms with Gasteiger partial charge in [0.2, 0.25) is 0 Å². The minimum absolute atomic E-state index is 0.0647. The largest absolute Gasteiger partial charge is 0.433 e. The molecule has 4 heterocycles. The van der Waals surface area contributed by atoms with E-state index in [9.17, 15) is 13.2 Å². The van der Waals surface area contributed by atoms with Crippen molar-refractivity contribution >= 4 is 5.65 Å². The Balaban J connectivity index is 1.58. The van der Waals surface area contributed by atoms with Crippen LogP contribution in [0.15, 0.2) is 24.5 Å². The lowest BCUT2D eigenvalue weighted by molar-refractivity contribution is -0.142. The average Bonchev–Trinajstić information content (AvgIpc) is 3.17. The van der Waals surface area contributed by atoms with Crippen LogP contribution in [-0.2, 0) is 19.1 Å². The molecule has 1 saturated heterocycles. The van der Waals surface area contributed by atoms with Crippen molar-refractivity contribution in [3.05, 3.63) is 53.0 Å². The smallest absolute Gasteiger partial charge is 0.298 e. The first kappa shape index (κ1) is 21.7. The normalized spacial score (nSPS) is 18.2. The van der Waals surface area contributed by atoms with Crippen LogP contribution in [0.25, 0.3) is 5.65 Å². The van der Waals surface area contributed by atoms with Crippen LogP contribution in [0.4, 0.5) is 13.2 Å². The standard InChI is InChI=1S/C22H27F3N6/c1-4-20-26-10-15(11-27-20)12-30-7-5-6-16(13-30)18-9-21-28-17(14(2)3)8-19(22(23,24)25)31(21)29-18/h8-11,14,16H,4-7,12-13H2,1-3H3/t16-/m0/s1. The van der Waals surface area contributed by atoms with Gasteiger partial charge in [-0.25, -0.2) is 19.5 Å². The Hall–Kier alpha value is -2.55. The van der Waals surface area contributed by atoms with Crippen LogP contribution < -0.4 is 0 Å². The van der Waals surface area contributed by atoms with Crippen LogP contribution >= 0.6 is 0 Å². The summed E-state index contributed by atoms with van der Waals surface area (Å²) in [6.07, 6.45) is 1.87. The molecule has 1 aliphatic heterocycles. The van der Waals surface area contributed by atoms with E-state index in [1.54, 1.807) is 6.07 Å². The van der Waals surface area contributed by atoms with E-state index in [0.717, 1.165) is 60.9 Å². The van der Waals surface area contributed by atoms with Gasteiger partial charge in [-0.05, 0) is 31.4 Å². The monoisotopic (exact) mass is 432 g/mol. The quantitative estimate of drug-likeness (QED) is 0.590. The molecular weight excluding hydrogens is 405 g/mol. The van der Waals surface area contributed by atoms with Crippen molar-refractivity contribution in [1.29, 1.82) is 0 Å². The first-order valence-corrected chi connectivity index (χ1v) is 10.7. The van der Waals surface area contributed by atoms with Crippen molar-refractivity contribution in [2.24, 2.45) is 0 Å². The highest BCUT2D eigenvalue weighted by Crippen LogP contribution is 2.33. The highest BCUT2D eigenvalue weighted by atomic mass is 19.4. The van der Waals surface area contributed by atoms with Gasteiger partial charge in [0.05, 0.1) is 5.69 Å². The fraction of sp³-hybridized carbons (Fsp3) is 0.545. The molecule has 1 fully saturated rings. The lowest BCUT2D eigenvalue weighted by Gasteiger charge is -2.31. The molecule has 3 aromatic rings. The van der Waals surface area contributed by atoms with Crippen LogP contribution in [0.3, 0.4) is 0 Å². The van der Waals surface area contributed by atoms with E-state index in [-0.39, 0.29) is 17.5 Å². The number of halogens is 3. The van der Waals surface area contributed by atoms with Gasteiger partial charge in [-0.2, -0.15) is 18.3 Å². The zero-order chi connectivity index (χ0) is 22.2. The first-order valence-electron chi connectivity index (χ1n) is 10.7. The number of hydrogen-bond acceptors (Lipinski definition) is 5. The van der Waals surface area contributed by atoms with Crippen LogP contribution in [0.5, 0.6) is 0 Å². The molecule has 0 spiro atoms. The van der Waals surface area contributed by atoms with Gasteiger partial charge in [0.15, 0.2) is 5.65 Å². The molecule has 0 N–H and O–H groups in total. The number of nitrogens with zero attached hydrogens (tertiary/aromatic N) is 6. The fourth-order valence-electron chi connectivity index (χ4n) is 4.05. The zero-order valence-electron chi connectivity index (χ0n) is 18.0. The van der Waals surface area contributed by atoms with Gasteiger partial charge in [-0.15, -0.1) is 0 Å². The molecule has 0 aliphatic carbocycles.